The van der Waals surface area contributed by atoms with Gasteiger partial charge in [0.1, 0.15) is 5.82 Å². The normalized spacial score (nSPS) is 21.0. The Labute approximate surface area is 193 Å². The van der Waals surface area contributed by atoms with Crippen LogP contribution in [-0.4, -0.2) is 5.78 Å². The topological polar surface area (TPSA) is 70.1 Å². The fraction of sp³-hybridized carbons (Fsp3) is 0.304. The zero-order chi connectivity index (χ0) is 21.8. The Balaban J connectivity index is 2.03. The number of carbonyl (C=O) groups excluding carboxylic acids is 1. The molecule has 0 saturated heterocycles. The molecule has 0 fully saturated rings. The summed E-state index contributed by atoms with van der Waals surface area (Å²) in [5, 5.41) is 12.7. The second-order valence-electron chi connectivity index (χ2n) is 8.53. The van der Waals surface area contributed by atoms with Crippen LogP contribution in [-0.2, 0) is 4.79 Å². The second-order valence-corrected chi connectivity index (χ2v) is 10.8. The number of ketones is 1. The number of halogens is 2. The van der Waals surface area contributed by atoms with Crippen molar-refractivity contribution >= 4 is 50.3 Å². The number of anilines is 1. The lowest BCUT2D eigenvalue weighted by Gasteiger charge is -2.44. The third-order valence-electron chi connectivity index (χ3n) is 5.73. The first-order chi connectivity index (χ1) is 14.1. The number of thiophene rings is 1. The van der Waals surface area contributed by atoms with Crippen LogP contribution in [0.25, 0.3) is 0 Å². The third-order valence-corrected chi connectivity index (χ3v) is 7.90. The highest BCUT2D eigenvalue weighted by Crippen LogP contribution is 2.51. The zero-order valence-electron chi connectivity index (χ0n) is 16.9. The minimum Gasteiger partial charge on any atom is -0.384 e. The van der Waals surface area contributed by atoms with E-state index in [1.165, 1.54) is 11.3 Å². The first kappa shape index (κ1) is 21.2. The van der Waals surface area contributed by atoms with Crippen LogP contribution in [0.5, 0.6) is 0 Å². The number of Topliss-reactive ketones (excluding diaryl/α,β-unsaturated/α-hetero) is 1. The lowest BCUT2D eigenvalue weighted by Crippen LogP contribution is -2.42. The van der Waals surface area contributed by atoms with Crippen molar-refractivity contribution in [3.63, 3.8) is 0 Å². The zero-order valence-corrected chi connectivity index (χ0v) is 20.1. The molecule has 1 aliphatic heterocycles. The molecule has 0 saturated carbocycles. The van der Waals surface area contributed by atoms with Gasteiger partial charge in [-0.3, -0.25) is 9.69 Å². The molecule has 1 unspecified atom stereocenters. The molecule has 1 aromatic carbocycles. The van der Waals surface area contributed by atoms with Crippen molar-refractivity contribution in [3.05, 3.63) is 72.2 Å². The summed E-state index contributed by atoms with van der Waals surface area (Å²) in [5.41, 5.74) is 10.0. The number of nitrogens with two attached hydrogens (primary N) is 1. The van der Waals surface area contributed by atoms with Gasteiger partial charge in [-0.15, -0.1) is 11.3 Å². The molecule has 7 heteroatoms. The SMILES string of the molecule is Cc1c(Cl)cccc1N1C(N)=C(C#N)C(c2cc(Br)cs2)C2=C1CC(C)(C)CC2=O. The molecule has 2 aromatic rings. The van der Waals surface area contributed by atoms with E-state index in [9.17, 15) is 10.1 Å². The van der Waals surface area contributed by atoms with Crippen molar-refractivity contribution in [2.75, 3.05) is 4.90 Å². The number of nitrogens with zero attached hydrogens (tertiary/aromatic N) is 2. The smallest absolute Gasteiger partial charge is 0.162 e. The van der Waals surface area contributed by atoms with Gasteiger partial charge < -0.3 is 5.73 Å². The maximum atomic E-state index is 13.4. The molecule has 1 aliphatic carbocycles. The van der Waals surface area contributed by atoms with E-state index in [-0.39, 0.29) is 11.2 Å². The van der Waals surface area contributed by atoms with Crippen LogP contribution in [0.2, 0.25) is 5.02 Å². The van der Waals surface area contributed by atoms with Gasteiger partial charge in [0.2, 0.25) is 0 Å². The summed E-state index contributed by atoms with van der Waals surface area (Å²) in [7, 11) is 0. The minimum absolute atomic E-state index is 0.0701. The molecule has 2 heterocycles. The van der Waals surface area contributed by atoms with E-state index in [1.54, 1.807) is 0 Å². The fourth-order valence-electron chi connectivity index (χ4n) is 4.39. The summed E-state index contributed by atoms with van der Waals surface area (Å²) in [5.74, 6) is -0.0111. The average molecular weight is 503 g/mol. The Hall–Kier alpha value is -2.07. The van der Waals surface area contributed by atoms with Gasteiger partial charge in [0.25, 0.3) is 0 Å². The molecule has 154 valence electrons. The molecule has 1 atom stereocenters. The minimum atomic E-state index is -0.444. The number of carbonyl (C=O) groups is 1. The Morgan fingerprint density at radius 1 is 1.37 bits per heavy atom. The predicted molar refractivity (Wildman–Crippen MR) is 125 cm³/mol. The second kappa shape index (κ2) is 7.56. The molecule has 1 aromatic heterocycles. The van der Waals surface area contributed by atoms with E-state index in [2.05, 4.69) is 35.8 Å². The summed E-state index contributed by atoms with van der Waals surface area (Å²) < 4.78 is 0.928. The maximum Gasteiger partial charge on any atom is 0.162 e. The van der Waals surface area contributed by atoms with Crippen molar-refractivity contribution in [2.45, 2.75) is 39.5 Å². The van der Waals surface area contributed by atoms with Crippen LogP contribution in [0.4, 0.5) is 5.69 Å². The van der Waals surface area contributed by atoms with Gasteiger partial charge in [-0.25, -0.2) is 0 Å². The van der Waals surface area contributed by atoms with Gasteiger partial charge in [0, 0.05) is 37.4 Å². The van der Waals surface area contributed by atoms with E-state index in [0.29, 0.717) is 34.8 Å². The highest BCUT2D eigenvalue weighted by atomic mass is 79.9. The van der Waals surface area contributed by atoms with E-state index < -0.39 is 5.92 Å². The van der Waals surface area contributed by atoms with Gasteiger partial charge in [0.05, 0.1) is 23.2 Å². The molecule has 2 N–H and O–H groups in total. The van der Waals surface area contributed by atoms with E-state index in [0.717, 1.165) is 26.3 Å². The monoisotopic (exact) mass is 501 g/mol. The van der Waals surface area contributed by atoms with Crippen LogP contribution in [0, 0.1) is 23.7 Å². The van der Waals surface area contributed by atoms with Crippen LogP contribution in [0.3, 0.4) is 0 Å². The van der Waals surface area contributed by atoms with Gasteiger partial charge in [-0.1, -0.05) is 31.5 Å². The number of nitriles is 1. The summed E-state index contributed by atoms with van der Waals surface area (Å²) >= 11 is 11.4. The maximum absolute atomic E-state index is 13.4. The number of benzene rings is 1. The first-order valence-corrected chi connectivity index (χ1v) is 11.6. The first-order valence-electron chi connectivity index (χ1n) is 9.60. The highest BCUT2D eigenvalue weighted by Gasteiger charge is 2.45. The predicted octanol–water partition coefficient (Wildman–Crippen LogP) is 6.41. The van der Waals surface area contributed by atoms with Crippen molar-refractivity contribution in [1.29, 1.82) is 5.26 Å². The van der Waals surface area contributed by atoms with E-state index in [4.69, 9.17) is 17.3 Å². The fourth-order valence-corrected chi connectivity index (χ4v) is 6.12. The quantitative estimate of drug-likeness (QED) is 0.515. The summed E-state index contributed by atoms with van der Waals surface area (Å²) in [4.78, 5) is 16.3. The molecule has 0 bridgehead atoms. The Morgan fingerprint density at radius 3 is 2.73 bits per heavy atom. The van der Waals surface area contributed by atoms with Crippen molar-refractivity contribution in [1.82, 2.24) is 0 Å². The van der Waals surface area contributed by atoms with Gasteiger partial charge in [0.15, 0.2) is 5.78 Å². The highest BCUT2D eigenvalue weighted by molar-refractivity contribution is 9.10. The number of rotatable bonds is 2. The molecule has 0 radical (unpaired) electrons. The number of allylic oxidation sites excluding steroid dienone is 3. The molecular weight excluding hydrogens is 482 g/mol. The Kier molecular flexibility index (Phi) is 5.34. The molecule has 4 rings (SSSR count). The van der Waals surface area contributed by atoms with Crippen molar-refractivity contribution < 1.29 is 4.79 Å². The van der Waals surface area contributed by atoms with Crippen molar-refractivity contribution in [3.8, 4) is 6.07 Å². The Morgan fingerprint density at radius 2 is 2.10 bits per heavy atom. The third kappa shape index (κ3) is 3.39. The van der Waals surface area contributed by atoms with E-state index >= 15 is 0 Å². The molecule has 0 amide bonds. The van der Waals surface area contributed by atoms with E-state index in [1.807, 2.05) is 41.5 Å². The standard InChI is InChI=1S/C23H21BrClN3OS/c1-12-15(25)5-4-6-16(12)28-17-8-23(2,3)9-18(29)21(17)20(14(10-26)22(28)27)19-7-13(24)11-30-19/h4-7,11,20H,8-9,27H2,1-3H3. The van der Waals surface area contributed by atoms with Crippen LogP contribution < -0.4 is 10.6 Å². The molecular formula is C23H21BrClN3OS. The molecule has 30 heavy (non-hydrogen) atoms. The van der Waals surface area contributed by atoms with Crippen molar-refractivity contribution in [2.24, 2.45) is 11.1 Å². The summed E-state index contributed by atoms with van der Waals surface area (Å²) in [6.07, 6.45) is 1.12. The number of hydrogen-bond donors (Lipinski definition) is 1. The van der Waals surface area contributed by atoms with Crippen LogP contribution in [0.1, 0.15) is 43.0 Å². The van der Waals surface area contributed by atoms with Gasteiger partial charge in [-0.05, 0) is 58.5 Å². The lowest BCUT2D eigenvalue weighted by atomic mass is 9.69. The van der Waals surface area contributed by atoms with Gasteiger partial charge in [-0.2, -0.15) is 5.26 Å². The van der Waals surface area contributed by atoms with Crippen LogP contribution in [0.15, 0.2) is 56.8 Å². The number of hydrogen-bond acceptors (Lipinski definition) is 5. The summed E-state index contributed by atoms with van der Waals surface area (Å²) in [6.45, 7) is 6.11. The van der Waals surface area contributed by atoms with Crippen LogP contribution >= 0.6 is 38.9 Å². The molecule has 2 aliphatic rings. The molecule has 0 spiro atoms. The van der Waals surface area contributed by atoms with Gasteiger partial charge >= 0.3 is 0 Å². The largest absolute Gasteiger partial charge is 0.384 e. The average Bonchev–Trinajstić information content (AvgIpc) is 3.09. The molecule has 4 nitrogen and oxygen atoms in total. The lowest BCUT2D eigenvalue weighted by molar-refractivity contribution is -0.118. The Bertz CT molecular complexity index is 1170. The summed E-state index contributed by atoms with van der Waals surface area (Å²) in [6, 6.07) is 9.90.